The molecule has 10 heteroatoms. The summed E-state index contributed by atoms with van der Waals surface area (Å²) in [7, 11) is -0.993. The zero-order valence-corrected chi connectivity index (χ0v) is 26.8. The quantitative estimate of drug-likeness (QED) is 0.352. The van der Waals surface area contributed by atoms with Crippen LogP contribution in [0.25, 0.3) is 0 Å². The number of likely N-dealkylation sites (N-methyl/N-ethyl adjacent to an activating group) is 1. The predicted octanol–water partition coefficient (Wildman–Crippen LogP) is 6.28. The van der Waals surface area contributed by atoms with Gasteiger partial charge < -0.3 is 28.1 Å². The second-order valence-corrected chi connectivity index (χ2v) is 18.7. The topological polar surface area (TPSA) is 66.5 Å². The molecule has 37 heavy (non-hydrogen) atoms. The summed E-state index contributed by atoms with van der Waals surface area (Å²) in [6, 6.07) is 5.47. The minimum atomic E-state index is -2.15. The van der Waals surface area contributed by atoms with E-state index >= 15 is 0 Å². The van der Waals surface area contributed by atoms with E-state index < -0.39 is 38.3 Å². The van der Waals surface area contributed by atoms with Crippen molar-refractivity contribution in [3.05, 3.63) is 23.2 Å². The second-order valence-electron chi connectivity index (χ2n) is 13.5. The number of rotatable bonds is 8. The Morgan fingerprint density at radius 2 is 1.59 bits per heavy atom. The Hall–Kier alpha value is -1.26. The van der Waals surface area contributed by atoms with E-state index in [1.807, 2.05) is 60.6 Å². The van der Waals surface area contributed by atoms with Crippen LogP contribution in [0, 0.1) is 0 Å². The molecule has 0 aliphatic carbocycles. The van der Waals surface area contributed by atoms with Crippen LogP contribution in [0.5, 0.6) is 5.75 Å². The van der Waals surface area contributed by atoms with Crippen LogP contribution >= 0.6 is 11.6 Å². The highest BCUT2D eigenvalue weighted by atomic mass is 35.5. The highest BCUT2D eigenvalue weighted by molar-refractivity contribution is 6.74. The molecule has 0 aromatic heterocycles. The van der Waals surface area contributed by atoms with Crippen molar-refractivity contribution in [2.75, 3.05) is 20.2 Å². The van der Waals surface area contributed by atoms with E-state index in [0.29, 0.717) is 17.3 Å². The summed E-state index contributed by atoms with van der Waals surface area (Å²) in [5, 5.41) is 0.519. The van der Waals surface area contributed by atoms with Crippen LogP contribution in [0.1, 0.15) is 69.2 Å². The van der Waals surface area contributed by atoms with E-state index in [1.165, 1.54) is 0 Å². The first-order valence-electron chi connectivity index (χ1n) is 12.9. The molecule has 1 saturated heterocycles. The Labute approximate surface area is 230 Å². The summed E-state index contributed by atoms with van der Waals surface area (Å²) >= 11 is 6.45. The summed E-state index contributed by atoms with van der Waals surface area (Å²) in [4.78, 5) is 14.2. The van der Waals surface area contributed by atoms with Gasteiger partial charge in [0.1, 0.15) is 18.0 Å². The van der Waals surface area contributed by atoms with Crippen molar-refractivity contribution in [2.45, 2.75) is 110 Å². The lowest BCUT2D eigenvalue weighted by Gasteiger charge is -2.40. The molecule has 1 aromatic carbocycles. The van der Waals surface area contributed by atoms with Gasteiger partial charge in [-0.2, -0.15) is 0 Å². The molecule has 0 saturated carbocycles. The van der Waals surface area contributed by atoms with Crippen LogP contribution in [-0.4, -0.2) is 69.5 Å². The van der Waals surface area contributed by atoms with Gasteiger partial charge in [0.15, 0.2) is 8.32 Å². The van der Waals surface area contributed by atoms with Gasteiger partial charge in [-0.05, 0) is 90.3 Å². The number of amides is 1. The highest BCUT2D eigenvalue weighted by Gasteiger charge is 2.52. The van der Waals surface area contributed by atoms with Crippen molar-refractivity contribution >= 4 is 38.6 Å². The molecule has 1 fully saturated rings. The lowest BCUT2D eigenvalue weighted by Crippen LogP contribution is -2.49. The van der Waals surface area contributed by atoms with Crippen LogP contribution < -0.4 is 10.2 Å². The third-order valence-electron chi connectivity index (χ3n) is 7.31. The van der Waals surface area contributed by atoms with Crippen molar-refractivity contribution in [1.82, 2.24) is 4.90 Å². The third-order valence-corrected chi connectivity index (χ3v) is 12.1. The summed E-state index contributed by atoms with van der Waals surface area (Å²) in [5.41, 5.74) is -0.721. The monoisotopic (exact) mass is 555 g/mol. The zero-order chi connectivity index (χ0) is 28.6. The Kier molecular flexibility index (Phi) is 9.57. The molecular weight excluding hydrogens is 509 g/mol. The zero-order valence-electron chi connectivity index (χ0n) is 25.1. The van der Waals surface area contributed by atoms with Crippen LogP contribution in [0.4, 0.5) is 4.79 Å². The number of hydrogen-bond acceptors (Lipinski definition) is 6. The van der Waals surface area contributed by atoms with Gasteiger partial charge in [-0.25, -0.2) is 4.79 Å². The molecule has 210 valence electrons. The number of halogens is 1. The van der Waals surface area contributed by atoms with Gasteiger partial charge in [0.2, 0.25) is 0 Å². The Morgan fingerprint density at radius 3 is 2.08 bits per heavy atom. The van der Waals surface area contributed by atoms with Gasteiger partial charge >= 0.3 is 13.2 Å². The molecular formula is C27H47BClNO6Si. The third kappa shape index (κ3) is 8.62. The largest absolute Gasteiger partial charge is 0.495 e. The molecule has 0 radical (unpaired) electrons. The number of carbonyl (C=O) groups excluding carboxylic acids is 1. The van der Waals surface area contributed by atoms with E-state index in [0.717, 1.165) is 5.46 Å². The maximum atomic E-state index is 12.6. The molecule has 1 atom stereocenters. The van der Waals surface area contributed by atoms with Crippen LogP contribution in [0.15, 0.2) is 18.2 Å². The number of nitrogens with zero attached hydrogens (tertiary/aromatic N) is 1. The van der Waals surface area contributed by atoms with Crippen LogP contribution in [0.2, 0.25) is 23.2 Å². The van der Waals surface area contributed by atoms with E-state index in [9.17, 15) is 4.79 Å². The van der Waals surface area contributed by atoms with Crippen molar-refractivity contribution in [3.8, 4) is 5.75 Å². The number of hydrogen-bond donors (Lipinski definition) is 0. The maximum Gasteiger partial charge on any atom is 0.495 e. The van der Waals surface area contributed by atoms with Crippen molar-refractivity contribution < 1.29 is 28.0 Å². The summed E-state index contributed by atoms with van der Waals surface area (Å²) in [6.45, 7) is 25.1. The Bertz CT molecular complexity index is 941. The maximum absolute atomic E-state index is 12.6. The molecule has 2 rings (SSSR count). The fourth-order valence-electron chi connectivity index (χ4n) is 3.41. The molecule has 1 aliphatic rings. The van der Waals surface area contributed by atoms with Gasteiger partial charge in [0.25, 0.3) is 0 Å². The minimum absolute atomic E-state index is 0.00424. The van der Waals surface area contributed by atoms with E-state index in [2.05, 4.69) is 33.9 Å². The predicted molar refractivity (Wildman–Crippen MR) is 154 cm³/mol. The molecule has 1 aromatic rings. The van der Waals surface area contributed by atoms with E-state index in [-0.39, 0.29) is 17.7 Å². The first-order chi connectivity index (χ1) is 16.5. The fraction of sp³-hybridized carbons (Fsp3) is 0.741. The molecule has 1 aliphatic heterocycles. The first kappa shape index (κ1) is 32.0. The molecule has 0 bridgehead atoms. The molecule has 7 nitrogen and oxygen atoms in total. The second kappa shape index (κ2) is 11.1. The Morgan fingerprint density at radius 1 is 1.05 bits per heavy atom. The van der Waals surface area contributed by atoms with Gasteiger partial charge in [-0.3, -0.25) is 0 Å². The summed E-state index contributed by atoms with van der Waals surface area (Å²) < 4.78 is 30.8. The van der Waals surface area contributed by atoms with Gasteiger partial charge in [0.05, 0.1) is 23.9 Å². The van der Waals surface area contributed by atoms with Gasteiger partial charge in [-0.1, -0.05) is 32.4 Å². The van der Waals surface area contributed by atoms with E-state index in [4.69, 9.17) is 34.8 Å². The SMILES string of the molecule is CN(CC(COc1cc(Cl)cc(B2OC(C)(C)C(C)(C)O2)c1)O[Si](C)(C)C(C)(C)C)C(=O)OC(C)(C)C. The summed E-state index contributed by atoms with van der Waals surface area (Å²) in [5.74, 6) is 0.584. The van der Waals surface area contributed by atoms with E-state index in [1.54, 1.807) is 18.0 Å². The van der Waals surface area contributed by atoms with Crippen molar-refractivity contribution in [3.63, 3.8) is 0 Å². The number of benzene rings is 1. The first-order valence-corrected chi connectivity index (χ1v) is 16.2. The standard InChI is InChI=1S/C27H47BClNO6Si/c1-24(2,3)33-23(31)30(11)17-22(34-37(12,13)25(4,5)6)18-32-21-15-19(14-20(29)16-21)28-35-26(7,8)27(9,10)36-28/h14-16,22H,17-18H2,1-13H3. The lowest BCUT2D eigenvalue weighted by molar-refractivity contribution is 0.00578. The van der Waals surface area contributed by atoms with Crippen molar-refractivity contribution in [2.24, 2.45) is 0 Å². The normalized spacial score (nSPS) is 18.5. The van der Waals surface area contributed by atoms with Crippen molar-refractivity contribution in [1.29, 1.82) is 0 Å². The van der Waals surface area contributed by atoms with Crippen LogP contribution in [-0.2, 0) is 18.5 Å². The number of ether oxygens (including phenoxy) is 2. The molecule has 0 spiro atoms. The minimum Gasteiger partial charge on any atom is -0.491 e. The average Bonchev–Trinajstić information content (AvgIpc) is 2.90. The highest BCUT2D eigenvalue weighted by Crippen LogP contribution is 2.38. The molecule has 0 N–H and O–H groups in total. The molecule has 1 heterocycles. The van der Waals surface area contributed by atoms with Gasteiger partial charge in [0, 0.05) is 12.1 Å². The smallest absolute Gasteiger partial charge is 0.491 e. The average molecular weight is 556 g/mol. The lowest BCUT2D eigenvalue weighted by atomic mass is 9.79. The Balaban J connectivity index is 2.22. The van der Waals surface area contributed by atoms with Crippen LogP contribution in [0.3, 0.4) is 0 Å². The molecule has 1 amide bonds. The summed E-state index contributed by atoms with van der Waals surface area (Å²) in [6.07, 6.45) is -0.764. The fourth-order valence-corrected chi connectivity index (χ4v) is 4.97. The molecule has 1 unspecified atom stereocenters. The van der Waals surface area contributed by atoms with Gasteiger partial charge in [-0.15, -0.1) is 0 Å². The number of carbonyl (C=O) groups is 1.